The van der Waals surface area contributed by atoms with Crippen LogP contribution in [0.4, 0.5) is 19.5 Å². The minimum atomic E-state index is -0.727. The van der Waals surface area contributed by atoms with Gasteiger partial charge in [0.15, 0.2) is 5.82 Å². The number of hydrogen-bond donors (Lipinski definition) is 5. The molecule has 38 heavy (non-hydrogen) atoms. The molecule has 1 aromatic heterocycles. The van der Waals surface area contributed by atoms with E-state index in [9.17, 15) is 18.4 Å². The first-order valence-corrected chi connectivity index (χ1v) is 11.4. The van der Waals surface area contributed by atoms with E-state index in [-0.39, 0.29) is 42.5 Å². The van der Waals surface area contributed by atoms with Crippen LogP contribution in [0.5, 0.6) is 0 Å². The molecule has 0 radical (unpaired) electrons. The molecule has 0 saturated heterocycles. The number of halogens is 2. The Morgan fingerprint density at radius 1 is 1.29 bits per heavy atom. The van der Waals surface area contributed by atoms with Crippen molar-refractivity contribution in [2.45, 2.75) is 19.4 Å². The van der Waals surface area contributed by atoms with Crippen molar-refractivity contribution in [2.24, 2.45) is 16.7 Å². The Labute approximate surface area is 217 Å². The molecule has 1 aromatic carbocycles. The predicted molar refractivity (Wildman–Crippen MR) is 134 cm³/mol. The van der Waals surface area contributed by atoms with Crippen molar-refractivity contribution in [1.82, 2.24) is 30.6 Å². The number of nitrogens with one attached hydrogen (secondary N) is 3. The number of primary amides is 1. The molecule has 3 rings (SSSR count). The van der Waals surface area contributed by atoms with E-state index in [1.54, 1.807) is 14.0 Å². The summed E-state index contributed by atoms with van der Waals surface area (Å²) in [6.45, 7) is 1.59. The number of benzene rings is 1. The monoisotopic (exact) mass is 527 g/mol. The maximum absolute atomic E-state index is 14.5. The average Bonchev–Trinajstić information content (AvgIpc) is 3.38. The molecule has 13 nitrogen and oxygen atoms in total. The Morgan fingerprint density at radius 3 is 2.74 bits per heavy atom. The molecule has 2 heterocycles. The molecule has 0 saturated carbocycles. The highest BCUT2D eigenvalue weighted by molar-refractivity contribution is 5.78. The molecule has 0 spiro atoms. The zero-order chi connectivity index (χ0) is 27.8. The van der Waals surface area contributed by atoms with Gasteiger partial charge in [0, 0.05) is 32.8 Å². The molecular weight excluding hydrogens is 500 g/mol. The lowest BCUT2D eigenvalue weighted by Crippen LogP contribution is -2.39. The highest BCUT2D eigenvalue weighted by Crippen LogP contribution is 2.29. The van der Waals surface area contributed by atoms with Crippen molar-refractivity contribution < 1.29 is 18.4 Å². The summed E-state index contributed by atoms with van der Waals surface area (Å²) in [5, 5.41) is 23.8. The third-order valence-corrected chi connectivity index (χ3v) is 5.51. The van der Waals surface area contributed by atoms with E-state index in [1.165, 1.54) is 23.4 Å². The number of aromatic nitrogens is 2. The fourth-order valence-corrected chi connectivity index (χ4v) is 3.71. The topological polar surface area (TPSA) is 191 Å². The standard InChI is InChI=1S/C23H27F2N11O2/c1-13(35(28)12-19(27)37)20(29-2)21-17(25)11-32-22(34-21)30-5-6-31-23(38)36-18(3-4-33-36)15-7-14(10-26)8-16(24)9-15/h4,7-9,11,18,29H,3,5-6,12,28H2,1-2H3,(H2,27,37)(H,31,38)(H,30,32,34)/b20-13-/t18-/m0/s1. The lowest BCUT2D eigenvalue weighted by atomic mass is 10.0. The Balaban J connectivity index is 1.62. The summed E-state index contributed by atoms with van der Waals surface area (Å²) in [4.78, 5) is 31.9. The third kappa shape index (κ3) is 6.68. The summed E-state index contributed by atoms with van der Waals surface area (Å²) in [6, 6.07) is 4.70. The van der Waals surface area contributed by atoms with Crippen molar-refractivity contribution in [1.29, 1.82) is 5.26 Å². The molecule has 0 bridgehead atoms. The van der Waals surface area contributed by atoms with E-state index < -0.39 is 29.6 Å². The second-order valence-corrected chi connectivity index (χ2v) is 8.13. The van der Waals surface area contributed by atoms with Gasteiger partial charge in [-0.3, -0.25) is 4.79 Å². The van der Waals surface area contributed by atoms with Crippen LogP contribution in [0.2, 0.25) is 0 Å². The zero-order valence-corrected chi connectivity index (χ0v) is 20.7. The van der Waals surface area contributed by atoms with Gasteiger partial charge in [-0.2, -0.15) is 10.4 Å². The first-order valence-electron chi connectivity index (χ1n) is 11.4. The highest BCUT2D eigenvalue weighted by Gasteiger charge is 2.28. The number of urea groups is 1. The Morgan fingerprint density at radius 2 is 2.05 bits per heavy atom. The second-order valence-electron chi connectivity index (χ2n) is 8.13. The van der Waals surface area contributed by atoms with Crippen LogP contribution in [0.1, 0.15) is 36.2 Å². The summed E-state index contributed by atoms with van der Waals surface area (Å²) in [5.41, 5.74) is 6.22. The van der Waals surface area contributed by atoms with Gasteiger partial charge in [-0.15, -0.1) is 0 Å². The van der Waals surface area contributed by atoms with Crippen molar-refractivity contribution in [3.63, 3.8) is 0 Å². The minimum absolute atomic E-state index is 0.0792. The summed E-state index contributed by atoms with van der Waals surface area (Å²) in [5.74, 6) is 3.95. The summed E-state index contributed by atoms with van der Waals surface area (Å²) in [7, 11) is 1.54. The van der Waals surface area contributed by atoms with E-state index in [1.807, 2.05) is 6.07 Å². The summed E-state index contributed by atoms with van der Waals surface area (Å²) in [6.07, 6.45) is 2.88. The fourth-order valence-electron chi connectivity index (χ4n) is 3.71. The Bertz CT molecular complexity index is 1310. The fraction of sp³-hybridized carbons (Fsp3) is 0.304. The first kappa shape index (κ1) is 27.7. The molecule has 1 aliphatic heterocycles. The van der Waals surface area contributed by atoms with Crippen LogP contribution in [-0.4, -0.2) is 64.8 Å². The van der Waals surface area contributed by atoms with E-state index in [2.05, 4.69) is 31.0 Å². The number of allylic oxidation sites excluding steroid dienone is 1. The molecule has 1 atom stereocenters. The number of carbonyl (C=O) groups is 2. The largest absolute Gasteiger partial charge is 0.385 e. The average molecular weight is 528 g/mol. The molecule has 2 aromatic rings. The third-order valence-electron chi connectivity index (χ3n) is 5.51. The van der Waals surface area contributed by atoms with Gasteiger partial charge >= 0.3 is 6.03 Å². The molecular formula is C23H27F2N11O2. The Hall–Kier alpha value is -4.84. The maximum atomic E-state index is 14.5. The van der Waals surface area contributed by atoms with E-state index in [4.69, 9.17) is 16.8 Å². The number of hydrogen-bond acceptors (Lipinski definition) is 10. The zero-order valence-electron chi connectivity index (χ0n) is 20.7. The van der Waals surface area contributed by atoms with Gasteiger partial charge in [-0.25, -0.2) is 34.4 Å². The number of nitrogens with zero attached hydrogens (tertiary/aromatic N) is 6. The van der Waals surface area contributed by atoms with Crippen molar-refractivity contribution in [2.75, 3.05) is 32.0 Å². The molecule has 1 aliphatic rings. The number of hydrazine groups is 1. The van der Waals surface area contributed by atoms with Gasteiger partial charge in [0.2, 0.25) is 11.9 Å². The molecule has 200 valence electrons. The highest BCUT2D eigenvalue weighted by atomic mass is 19.1. The summed E-state index contributed by atoms with van der Waals surface area (Å²) >= 11 is 0. The van der Waals surface area contributed by atoms with Gasteiger partial charge in [-0.05, 0) is 30.7 Å². The van der Waals surface area contributed by atoms with Gasteiger partial charge < -0.3 is 26.7 Å². The van der Waals surface area contributed by atoms with E-state index in [0.717, 1.165) is 17.3 Å². The number of rotatable bonds is 10. The van der Waals surface area contributed by atoms with Gasteiger partial charge in [0.1, 0.15) is 18.1 Å². The van der Waals surface area contributed by atoms with Crippen molar-refractivity contribution >= 4 is 29.8 Å². The number of anilines is 1. The van der Waals surface area contributed by atoms with Crippen molar-refractivity contribution in [3.05, 3.63) is 58.5 Å². The van der Waals surface area contributed by atoms with Gasteiger partial charge in [-0.1, -0.05) is 0 Å². The second kappa shape index (κ2) is 12.4. The van der Waals surface area contributed by atoms with E-state index in [0.29, 0.717) is 17.7 Å². The van der Waals surface area contributed by atoms with Crippen LogP contribution >= 0.6 is 0 Å². The van der Waals surface area contributed by atoms with Crippen LogP contribution < -0.4 is 27.5 Å². The van der Waals surface area contributed by atoms with Crippen LogP contribution in [0.3, 0.4) is 0 Å². The molecule has 0 unspecified atom stereocenters. The van der Waals surface area contributed by atoms with Crippen molar-refractivity contribution in [3.8, 4) is 6.07 Å². The Kier molecular flexibility index (Phi) is 9.06. The van der Waals surface area contributed by atoms with Gasteiger partial charge in [0.05, 0.1) is 35.3 Å². The molecule has 7 N–H and O–H groups in total. The minimum Gasteiger partial charge on any atom is -0.385 e. The molecule has 0 fully saturated rings. The maximum Gasteiger partial charge on any atom is 0.338 e. The molecule has 3 amide bonds. The lowest BCUT2D eigenvalue weighted by molar-refractivity contribution is -0.118. The number of nitrogens with two attached hydrogens (primary N) is 2. The predicted octanol–water partition coefficient (Wildman–Crippen LogP) is 0.750. The number of hydrazone groups is 1. The smallest absolute Gasteiger partial charge is 0.338 e. The normalized spacial score (nSPS) is 14.9. The van der Waals surface area contributed by atoms with E-state index >= 15 is 0 Å². The van der Waals surface area contributed by atoms with Crippen LogP contribution in [0.25, 0.3) is 5.70 Å². The molecule has 15 heteroatoms. The van der Waals surface area contributed by atoms with Gasteiger partial charge in [0.25, 0.3) is 0 Å². The number of carbonyl (C=O) groups excluding carboxylic acids is 2. The lowest BCUT2D eigenvalue weighted by Gasteiger charge is -2.23. The number of nitriles is 1. The quantitative estimate of drug-likeness (QED) is 0.169. The number of amides is 3. The SMILES string of the molecule is CN/C(=C(/C)N(N)CC(N)=O)c1nc(NCCNC(=O)N2N=CC[C@H]2c2cc(F)cc(C#N)c2)ncc1F. The summed E-state index contributed by atoms with van der Waals surface area (Å²) < 4.78 is 28.4. The molecule has 0 aliphatic carbocycles. The van der Waals surface area contributed by atoms with Crippen LogP contribution in [0, 0.1) is 23.0 Å². The van der Waals surface area contributed by atoms with Crippen LogP contribution in [-0.2, 0) is 4.79 Å². The first-order chi connectivity index (χ1) is 18.1. The van der Waals surface area contributed by atoms with Crippen LogP contribution in [0.15, 0.2) is 35.2 Å².